The standard InChI is InChI=1S/C29H36N4O5/c34-26(32-24(29(37)38)18-21-11-5-2-6-12-21)19-22(17-20-9-3-1-4-10-20)31-27(35)25-14-8-16-33(25)28(36)23-13-7-15-30-23/h1-6,9-12,22-25,30H,7-8,13-19H2,(H,31,35)(H,32,34)(H,37,38)/t22?,23-,24-,25-/m0/s1. The van der Waals surface area contributed by atoms with E-state index in [0.29, 0.717) is 19.4 Å². The summed E-state index contributed by atoms with van der Waals surface area (Å²) in [6.07, 6.45) is 3.52. The van der Waals surface area contributed by atoms with Gasteiger partial charge in [-0.2, -0.15) is 0 Å². The first-order valence-corrected chi connectivity index (χ1v) is 13.3. The quantitative estimate of drug-likeness (QED) is 0.357. The van der Waals surface area contributed by atoms with Crippen molar-refractivity contribution < 1.29 is 24.3 Å². The van der Waals surface area contributed by atoms with Crippen molar-refractivity contribution in [2.24, 2.45) is 0 Å². The lowest BCUT2D eigenvalue weighted by Gasteiger charge is -2.28. The van der Waals surface area contributed by atoms with Gasteiger partial charge in [0.2, 0.25) is 17.7 Å². The van der Waals surface area contributed by atoms with E-state index in [0.717, 1.165) is 36.9 Å². The topological polar surface area (TPSA) is 128 Å². The fourth-order valence-corrected chi connectivity index (χ4v) is 5.30. The summed E-state index contributed by atoms with van der Waals surface area (Å²) >= 11 is 0. The third-order valence-electron chi connectivity index (χ3n) is 7.22. The van der Waals surface area contributed by atoms with Gasteiger partial charge in [0.25, 0.3) is 0 Å². The highest BCUT2D eigenvalue weighted by molar-refractivity contribution is 5.91. The molecule has 2 heterocycles. The lowest BCUT2D eigenvalue weighted by Crippen LogP contribution is -2.53. The van der Waals surface area contributed by atoms with Crippen molar-refractivity contribution in [1.82, 2.24) is 20.9 Å². The Labute approximate surface area is 223 Å². The van der Waals surface area contributed by atoms with Crippen LogP contribution in [0.15, 0.2) is 60.7 Å². The van der Waals surface area contributed by atoms with Gasteiger partial charge in [-0.3, -0.25) is 14.4 Å². The second kappa shape index (κ2) is 13.2. The van der Waals surface area contributed by atoms with Gasteiger partial charge in [-0.1, -0.05) is 60.7 Å². The summed E-state index contributed by atoms with van der Waals surface area (Å²) in [5, 5.41) is 18.5. The van der Waals surface area contributed by atoms with E-state index in [1.165, 1.54) is 0 Å². The number of carboxylic acid groups (broad SMARTS) is 1. The molecule has 0 radical (unpaired) electrons. The van der Waals surface area contributed by atoms with Crippen molar-refractivity contribution in [2.75, 3.05) is 13.1 Å². The van der Waals surface area contributed by atoms with Crippen LogP contribution in [0, 0.1) is 0 Å². The van der Waals surface area contributed by atoms with E-state index in [-0.39, 0.29) is 30.7 Å². The van der Waals surface area contributed by atoms with Crippen molar-refractivity contribution in [1.29, 1.82) is 0 Å². The van der Waals surface area contributed by atoms with Crippen molar-refractivity contribution in [2.45, 2.75) is 69.1 Å². The van der Waals surface area contributed by atoms with E-state index in [9.17, 15) is 24.3 Å². The van der Waals surface area contributed by atoms with Crippen LogP contribution in [0.4, 0.5) is 0 Å². The number of nitrogens with one attached hydrogen (secondary N) is 3. The molecule has 2 aromatic carbocycles. The SMILES string of the molecule is O=C(CC(Cc1ccccc1)NC(=O)[C@@H]1CCCN1C(=O)[C@@H]1CCCN1)N[C@@H](Cc1ccccc1)C(=O)O. The molecule has 202 valence electrons. The third kappa shape index (κ3) is 7.41. The van der Waals surface area contributed by atoms with E-state index < -0.39 is 30.0 Å². The molecule has 2 aromatic rings. The van der Waals surface area contributed by atoms with Gasteiger partial charge in [0, 0.05) is 25.4 Å². The van der Waals surface area contributed by atoms with E-state index in [2.05, 4.69) is 16.0 Å². The second-order valence-electron chi connectivity index (χ2n) is 10.1. The predicted octanol–water partition coefficient (Wildman–Crippen LogP) is 1.66. The Balaban J connectivity index is 1.42. The molecule has 3 amide bonds. The van der Waals surface area contributed by atoms with Crippen LogP contribution >= 0.6 is 0 Å². The van der Waals surface area contributed by atoms with E-state index in [1.807, 2.05) is 60.7 Å². The Hall–Kier alpha value is -3.72. The summed E-state index contributed by atoms with van der Waals surface area (Å²) in [4.78, 5) is 52.9. The van der Waals surface area contributed by atoms with Crippen molar-refractivity contribution in [3.8, 4) is 0 Å². The monoisotopic (exact) mass is 520 g/mol. The molecule has 2 aliphatic rings. The van der Waals surface area contributed by atoms with Crippen molar-refractivity contribution in [3.05, 3.63) is 71.8 Å². The number of aliphatic carboxylic acids is 1. The Morgan fingerprint density at radius 1 is 0.895 bits per heavy atom. The van der Waals surface area contributed by atoms with Crippen LogP contribution in [0.25, 0.3) is 0 Å². The van der Waals surface area contributed by atoms with E-state index >= 15 is 0 Å². The molecule has 2 fully saturated rings. The molecule has 1 unspecified atom stereocenters. The Bertz CT molecular complexity index is 1100. The van der Waals surface area contributed by atoms with Gasteiger partial charge in [-0.25, -0.2) is 4.79 Å². The maximum absolute atomic E-state index is 13.4. The lowest BCUT2D eigenvalue weighted by atomic mass is 10.0. The van der Waals surface area contributed by atoms with Crippen LogP contribution in [-0.4, -0.2) is 71.0 Å². The largest absolute Gasteiger partial charge is 0.480 e. The van der Waals surface area contributed by atoms with E-state index in [4.69, 9.17) is 0 Å². The minimum atomic E-state index is -1.12. The zero-order valence-corrected chi connectivity index (χ0v) is 21.5. The second-order valence-corrected chi connectivity index (χ2v) is 10.1. The van der Waals surface area contributed by atoms with Gasteiger partial charge < -0.3 is 26.0 Å². The first kappa shape index (κ1) is 27.3. The molecule has 0 aliphatic carbocycles. The molecular formula is C29H36N4O5. The summed E-state index contributed by atoms with van der Waals surface area (Å²) in [6, 6.07) is 16.2. The van der Waals surface area contributed by atoms with Crippen LogP contribution in [0.2, 0.25) is 0 Å². The molecule has 2 aliphatic heterocycles. The lowest BCUT2D eigenvalue weighted by molar-refractivity contribution is -0.142. The fraction of sp³-hybridized carbons (Fsp3) is 0.448. The summed E-state index contributed by atoms with van der Waals surface area (Å²) < 4.78 is 0. The van der Waals surface area contributed by atoms with Crippen LogP contribution < -0.4 is 16.0 Å². The molecule has 4 N–H and O–H groups in total. The minimum Gasteiger partial charge on any atom is -0.480 e. The predicted molar refractivity (Wildman–Crippen MR) is 142 cm³/mol. The van der Waals surface area contributed by atoms with Crippen LogP contribution in [0.1, 0.15) is 43.2 Å². The Kier molecular flexibility index (Phi) is 9.48. The zero-order valence-electron chi connectivity index (χ0n) is 21.5. The van der Waals surface area contributed by atoms with Gasteiger partial charge in [0.05, 0.1) is 6.04 Å². The molecule has 9 nitrogen and oxygen atoms in total. The Morgan fingerprint density at radius 2 is 1.55 bits per heavy atom. The number of likely N-dealkylation sites (tertiary alicyclic amines) is 1. The number of amides is 3. The summed E-state index contributed by atoms with van der Waals surface area (Å²) in [6.45, 7) is 1.34. The van der Waals surface area contributed by atoms with Crippen LogP contribution in [0.5, 0.6) is 0 Å². The zero-order chi connectivity index (χ0) is 26.9. The molecule has 9 heteroatoms. The van der Waals surface area contributed by atoms with Crippen LogP contribution in [0.3, 0.4) is 0 Å². The number of nitrogens with zero attached hydrogens (tertiary/aromatic N) is 1. The normalized spacial score (nSPS) is 20.5. The molecule has 38 heavy (non-hydrogen) atoms. The number of hydrogen-bond acceptors (Lipinski definition) is 5. The maximum atomic E-state index is 13.4. The molecule has 0 spiro atoms. The van der Waals surface area contributed by atoms with Gasteiger partial charge in [-0.15, -0.1) is 0 Å². The average molecular weight is 521 g/mol. The summed E-state index contributed by atoms with van der Waals surface area (Å²) in [5.41, 5.74) is 1.75. The first-order chi connectivity index (χ1) is 18.4. The molecule has 0 bridgehead atoms. The highest BCUT2D eigenvalue weighted by Gasteiger charge is 2.38. The molecule has 2 saturated heterocycles. The smallest absolute Gasteiger partial charge is 0.326 e. The molecule has 0 saturated carbocycles. The van der Waals surface area contributed by atoms with Crippen molar-refractivity contribution in [3.63, 3.8) is 0 Å². The number of carbonyl (C=O) groups is 4. The fourth-order valence-electron chi connectivity index (χ4n) is 5.30. The molecule has 4 rings (SSSR count). The number of benzene rings is 2. The molecule has 0 aromatic heterocycles. The Morgan fingerprint density at radius 3 is 2.16 bits per heavy atom. The number of hydrogen-bond donors (Lipinski definition) is 4. The minimum absolute atomic E-state index is 0.0392. The van der Waals surface area contributed by atoms with E-state index in [1.54, 1.807) is 4.90 Å². The van der Waals surface area contributed by atoms with Gasteiger partial charge >= 0.3 is 5.97 Å². The maximum Gasteiger partial charge on any atom is 0.326 e. The van der Waals surface area contributed by atoms with Gasteiger partial charge in [0.15, 0.2) is 0 Å². The third-order valence-corrected chi connectivity index (χ3v) is 7.22. The summed E-state index contributed by atoms with van der Waals surface area (Å²) in [7, 11) is 0. The number of carboxylic acids is 1. The highest BCUT2D eigenvalue weighted by atomic mass is 16.4. The highest BCUT2D eigenvalue weighted by Crippen LogP contribution is 2.21. The average Bonchev–Trinajstić information content (AvgIpc) is 3.62. The number of carbonyl (C=O) groups excluding carboxylic acids is 3. The van der Waals surface area contributed by atoms with Crippen LogP contribution in [-0.2, 0) is 32.0 Å². The van der Waals surface area contributed by atoms with Crippen molar-refractivity contribution >= 4 is 23.7 Å². The molecule has 4 atom stereocenters. The first-order valence-electron chi connectivity index (χ1n) is 13.3. The summed E-state index contributed by atoms with van der Waals surface area (Å²) in [5.74, 6) is -1.89. The number of rotatable bonds is 11. The van der Waals surface area contributed by atoms with Gasteiger partial charge in [-0.05, 0) is 49.8 Å². The molecular weight excluding hydrogens is 484 g/mol. The van der Waals surface area contributed by atoms with Gasteiger partial charge in [0.1, 0.15) is 12.1 Å².